The van der Waals surface area contributed by atoms with Gasteiger partial charge in [-0.3, -0.25) is 74.0 Å². The van der Waals surface area contributed by atoms with Crippen LogP contribution in [0.1, 0.15) is 86.0 Å². The molecule has 0 aromatic heterocycles. The lowest BCUT2D eigenvalue weighted by atomic mass is 9.93. The number of likely N-dealkylation sites (N-methyl/N-ethyl adjacent to an activating group) is 1. The Kier molecular flexibility index (Phi) is 37.9. The van der Waals surface area contributed by atoms with Crippen LogP contribution in [0.15, 0.2) is 0 Å². The maximum atomic E-state index is 14.4. The number of carbonyl (C=O) groups excluding carboxylic acids is 11. The summed E-state index contributed by atoms with van der Waals surface area (Å²) in [4.78, 5) is 143. The minimum absolute atomic E-state index is 0.0291. The summed E-state index contributed by atoms with van der Waals surface area (Å²) in [6, 6.07) is -6.75. The van der Waals surface area contributed by atoms with Gasteiger partial charge < -0.3 is 72.0 Å². The highest BCUT2D eigenvalue weighted by Crippen LogP contribution is 2.12. The Labute approximate surface area is 450 Å². The standard InChI is InChI=1S/C45H91N21O11/c1-24(2)16-30(64-41(76)28(11-8-14-55-44(49)50)57-18-32(67)26(5)53-6)40(75)39(74)27(10-7-13-54-43(47)48)63-42(77)29(12-9-15-56-45(51)52)65-66-31(17-25(3)4)38(73)33(68)19-58-36(71)22-61-62-23-37(72)60-21-35(70)59-20-34(46)69/h24-31,43-45,53-57,61-62,65-66H,7-23,47-52H2,1-6H3,(H2,46,69)(H,58,71)(H,59,70)(H,60,72)(H,63,77)(H,64,76)/t26-,27-,28-,29-,30-,31-/m0/s1. The van der Waals surface area contributed by atoms with Crippen molar-refractivity contribution >= 4 is 64.4 Å². The number of hydrogen-bond donors (Lipinski definition) is 21. The Hall–Kier alpha value is -5.43. The van der Waals surface area contributed by atoms with Gasteiger partial charge >= 0.3 is 0 Å². The largest absolute Gasteiger partial charge is 0.368 e. The molecule has 0 saturated heterocycles. The van der Waals surface area contributed by atoms with Crippen LogP contribution in [-0.2, 0) is 52.7 Å². The van der Waals surface area contributed by atoms with E-state index in [1.165, 1.54) is 0 Å². The zero-order chi connectivity index (χ0) is 58.6. The van der Waals surface area contributed by atoms with E-state index in [4.69, 9.17) is 40.1 Å². The second kappa shape index (κ2) is 40.7. The minimum atomic E-state index is -1.45. The molecule has 0 radical (unpaired) electrons. The number of amides is 6. The van der Waals surface area contributed by atoms with E-state index in [1.54, 1.807) is 41.7 Å². The number of carbonyl (C=O) groups is 11. The molecule has 28 N–H and O–H groups in total. The average molecular weight is 1100 g/mol. The van der Waals surface area contributed by atoms with Crippen molar-refractivity contribution < 1.29 is 52.7 Å². The first-order chi connectivity index (χ1) is 36.2. The Morgan fingerprint density at radius 3 is 1.31 bits per heavy atom. The lowest BCUT2D eigenvalue weighted by Gasteiger charge is -2.27. The van der Waals surface area contributed by atoms with Gasteiger partial charge in [-0.15, -0.1) is 0 Å². The molecule has 6 amide bonds. The van der Waals surface area contributed by atoms with Crippen molar-refractivity contribution in [2.75, 3.05) is 66.0 Å². The number of hydrogen-bond acceptors (Lipinski definition) is 26. The van der Waals surface area contributed by atoms with Gasteiger partial charge in [-0.2, -0.15) is 0 Å². The van der Waals surface area contributed by atoms with Crippen LogP contribution in [0, 0.1) is 11.8 Å². The second-order valence-electron chi connectivity index (χ2n) is 19.1. The molecule has 0 unspecified atom stereocenters. The zero-order valence-corrected chi connectivity index (χ0v) is 45.4. The molecule has 0 bridgehead atoms. The Morgan fingerprint density at radius 1 is 0.429 bits per heavy atom. The molecule has 0 aliphatic carbocycles. The Balaban J connectivity index is 6.36. The van der Waals surface area contributed by atoms with E-state index < -0.39 is 140 Å². The van der Waals surface area contributed by atoms with Crippen LogP contribution < -0.4 is 115 Å². The summed E-state index contributed by atoms with van der Waals surface area (Å²) in [6.45, 7) is 7.01. The molecule has 0 spiro atoms. The third-order valence-corrected chi connectivity index (χ3v) is 11.1. The van der Waals surface area contributed by atoms with Gasteiger partial charge in [0.25, 0.3) is 0 Å². The summed E-state index contributed by atoms with van der Waals surface area (Å²) in [5.74, 6) is -8.80. The van der Waals surface area contributed by atoms with Crippen molar-refractivity contribution in [3.05, 3.63) is 0 Å². The highest BCUT2D eigenvalue weighted by Gasteiger charge is 2.36. The Bertz CT molecular complexity index is 1880. The number of nitrogens with one attached hydrogen (secondary N) is 14. The highest BCUT2D eigenvalue weighted by molar-refractivity contribution is 6.41. The summed E-state index contributed by atoms with van der Waals surface area (Å²) >= 11 is 0. The number of Topliss-reactive ketones (excluding diaryl/α,β-unsaturated/α-hetero) is 5. The van der Waals surface area contributed by atoms with Crippen LogP contribution in [0.2, 0.25) is 0 Å². The number of ketones is 5. The van der Waals surface area contributed by atoms with Crippen molar-refractivity contribution in [3.8, 4) is 0 Å². The first kappa shape index (κ1) is 71.6. The molecule has 0 rings (SSSR count). The monoisotopic (exact) mass is 1100 g/mol. The quantitative estimate of drug-likeness (QED) is 0.0116. The molecule has 0 fully saturated rings. The van der Waals surface area contributed by atoms with Crippen LogP contribution in [0.5, 0.6) is 0 Å². The van der Waals surface area contributed by atoms with Crippen molar-refractivity contribution in [1.29, 1.82) is 0 Å². The van der Waals surface area contributed by atoms with Gasteiger partial charge in [0.2, 0.25) is 58.6 Å². The molecular formula is C45H91N21O11. The van der Waals surface area contributed by atoms with Crippen molar-refractivity contribution in [3.63, 3.8) is 0 Å². The normalized spacial score (nSPS) is 13.9. The molecule has 32 nitrogen and oxygen atoms in total. The van der Waals surface area contributed by atoms with E-state index in [-0.39, 0.29) is 88.7 Å². The van der Waals surface area contributed by atoms with E-state index in [2.05, 4.69) is 74.9 Å². The van der Waals surface area contributed by atoms with Crippen LogP contribution in [0.4, 0.5) is 0 Å². The summed E-state index contributed by atoms with van der Waals surface area (Å²) in [5.41, 5.74) is 49.3. The number of nitrogens with two attached hydrogens (primary N) is 7. The maximum Gasteiger partial charge on any atom is 0.239 e. The fourth-order valence-electron chi connectivity index (χ4n) is 6.92. The molecule has 0 saturated carbocycles. The van der Waals surface area contributed by atoms with Crippen LogP contribution in [-0.4, -0.2) is 185 Å². The van der Waals surface area contributed by atoms with E-state index in [9.17, 15) is 52.7 Å². The number of rotatable bonds is 47. The fraction of sp³-hybridized carbons (Fsp3) is 0.756. The van der Waals surface area contributed by atoms with Gasteiger partial charge in [-0.1, -0.05) is 27.7 Å². The van der Waals surface area contributed by atoms with Gasteiger partial charge in [-0.05, 0) is 96.8 Å². The van der Waals surface area contributed by atoms with E-state index in [1.807, 2.05) is 0 Å². The van der Waals surface area contributed by atoms with Gasteiger partial charge in [0, 0.05) is 0 Å². The molecule has 32 heteroatoms. The van der Waals surface area contributed by atoms with Crippen LogP contribution in [0.25, 0.3) is 0 Å². The SMILES string of the molecule is CN[C@@H](C)C(=O)CN[C@@H](CCCNC(N)N)C(=O)N[C@@H](CC(C)C)C(=O)C(=O)[C@H](CCCNC(N)N)NC(=O)[C@H](CCCNC(N)N)NN[C@@H](CC(C)C)C(=O)C(=O)CNC(=O)CNNCC(=O)NCC(=O)NCC(N)=O. The van der Waals surface area contributed by atoms with Gasteiger partial charge in [0.15, 0.2) is 5.78 Å². The van der Waals surface area contributed by atoms with E-state index in [0.717, 1.165) is 0 Å². The predicted molar refractivity (Wildman–Crippen MR) is 284 cm³/mol. The molecule has 0 aliphatic rings. The first-order valence-corrected chi connectivity index (χ1v) is 25.7. The minimum Gasteiger partial charge on any atom is -0.368 e. The van der Waals surface area contributed by atoms with Crippen LogP contribution in [0.3, 0.4) is 0 Å². The molecule has 77 heavy (non-hydrogen) atoms. The highest BCUT2D eigenvalue weighted by atomic mass is 16.2. The summed E-state index contributed by atoms with van der Waals surface area (Å²) in [6.07, 6.45) is -1.53. The summed E-state index contributed by atoms with van der Waals surface area (Å²) in [5, 5.41) is 26.5. The first-order valence-electron chi connectivity index (χ1n) is 25.7. The third kappa shape index (κ3) is 34.9. The van der Waals surface area contributed by atoms with E-state index >= 15 is 0 Å². The zero-order valence-electron chi connectivity index (χ0n) is 45.4. The number of hydrazine groups is 2. The summed E-state index contributed by atoms with van der Waals surface area (Å²) in [7, 11) is 1.62. The lowest BCUT2D eigenvalue weighted by molar-refractivity contribution is -0.141. The van der Waals surface area contributed by atoms with Gasteiger partial charge in [0.05, 0.1) is 75.5 Å². The van der Waals surface area contributed by atoms with Gasteiger partial charge in [0.1, 0.15) is 18.9 Å². The molecule has 442 valence electrons. The predicted octanol–water partition coefficient (Wildman–Crippen LogP) is -10.1. The van der Waals surface area contributed by atoms with Crippen LogP contribution >= 0.6 is 0 Å². The molecule has 0 aromatic carbocycles. The topological polar surface area (TPSA) is 538 Å². The van der Waals surface area contributed by atoms with Gasteiger partial charge in [-0.25, -0.2) is 21.7 Å². The second-order valence-corrected chi connectivity index (χ2v) is 19.1. The molecule has 0 aromatic rings. The molecule has 0 heterocycles. The van der Waals surface area contributed by atoms with Crippen molar-refractivity contribution in [1.82, 2.24) is 74.9 Å². The molecular weight excluding hydrogens is 1010 g/mol. The third-order valence-electron chi connectivity index (χ3n) is 11.1. The summed E-state index contributed by atoms with van der Waals surface area (Å²) < 4.78 is 0. The van der Waals surface area contributed by atoms with Crippen molar-refractivity contribution in [2.45, 2.75) is 141 Å². The maximum absolute atomic E-state index is 14.4. The average Bonchev–Trinajstić information content (AvgIpc) is 3.35. The molecule has 6 atom stereocenters. The molecule has 0 aliphatic heterocycles. The fourth-order valence-corrected chi connectivity index (χ4v) is 6.92. The number of primary amides is 1. The Morgan fingerprint density at radius 2 is 0.831 bits per heavy atom. The van der Waals surface area contributed by atoms with E-state index in [0.29, 0.717) is 13.0 Å². The van der Waals surface area contributed by atoms with Crippen molar-refractivity contribution in [2.24, 2.45) is 52.0 Å². The lowest BCUT2D eigenvalue weighted by Crippen LogP contribution is -2.59. The smallest absolute Gasteiger partial charge is 0.239 e.